The van der Waals surface area contributed by atoms with E-state index in [0.717, 1.165) is 11.1 Å². The van der Waals surface area contributed by atoms with E-state index < -0.39 is 6.04 Å². The molecule has 2 N–H and O–H groups in total. The molecule has 1 atom stereocenters. The van der Waals surface area contributed by atoms with Gasteiger partial charge in [0.05, 0.1) is 0 Å². The van der Waals surface area contributed by atoms with Gasteiger partial charge in [0.2, 0.25) is 5.91 Å². The van der Waals surface area contributed by atoms with E-state index in [1.54, 1.807) is 36.4 Å². The monoisotopic (exact) mass is 392 g/mol. The van der Waals surface area contributed by atoms with Crippen LogP contribution in [-0.4, -0.2) is 17.9 Å². The Kier molecular flexibility index (Phi) is 6.82. The third-order valence-corrected chi connectivity index (χ3v) is 4.57. The Bertz CT molecular complexity index is 912. The molecule has 0 aromatic heterocycles. The van der Waals surface area contributed by atoms with Crippen molar-refractivity contribution in [2.24, 2.45) is 0 Å². The molecular weight excluding hydrogens is 372 g/mol. The molecule has 3 aromatic carbocycles. The van der Waals surface area contributed by atoms with Gasteiger partial charge in [0.15, 0.2) is 0 Å². The van der Waals surface area contributed by atoms with Gasteiger partial charge in [-0.25, -0.2) is 0 Å². The number of halogens is 1. The molecule has 2 amide bonds. The van der Waals surface area contributed by atoms with Gasteiger partial charge in [0.25, 0.3) is 5.91 Å². The molecule has 0 radical (unpaired) electrons. The van der Waals surface area contributed by atoms with E-state index in [4.69, 9.17) is 11.6 Å². The molecule has 0 saturated heterocycles. The van der Waals surface area contributed by atoms with Gasteiger partial charge in [-0.2, -0.15) is 0 Å². The third kappa shape index (κ3) is 5.69. The van der Waals surface area contributed by atoms with E-state index >= 15 is 0 Å². The van der Waals surface area contributed by atoms with Crippen LogP contribution >= 0.6 is 11.6 Å². The van der Waals surface area contributed by atoms with Gasteiger partial charge >= 0.3 is 0 Å². The van der Waals surface area contributed by atoms with E-state index in [9.17, 15) is 9.59 Å². The zero-order valence-corrected chi connectivity index (χ0v) is 16.0. The first-order valence-corrected chi connectivity index (χ1v) is 9.41. The lowest BCUT2D eigenvalue weighted by Gasteiger charge is -2.19. The topological polar surface area (TPSA) is 58.2 Å². The molecule has 0 fully saturated rings. The normalized spacial score (nSPS) is 11.5. The van der Waals surface area contributed by atoms with Crippen molar-refractivity contribution >= 4 is 23.4 Å². The summed E-state index contributed by atoms with van der Waals surface area (Å²) in [7, 11) is 0. The van der Waals surface area contributed by atoms with Crippen LogP contribution in [0.5, 0.6) is 0 Å². The standard InChI is InChI=1S/C23H21ClN2O2/c24-20-13-11-18(12-14-20)16-25-23(28)21(15-17-7-3-1-4-8-17)26-22(27)19-9-5-2-6-10-19/h1-14,21H,15-16H2,(H,25,28)(H,26,27)/t21-/m0/s1. The number of carbonyl (C=O) groups is 2. The minimum Gasteiger partial charge on any atom is -0.350 e. The molecule has 0 heterocycles. The molecule has 3 aromatic rings. The summed E-state index contributed by atoms with van der Waals surface area (Å²) in [6.45, 7) is 0.364. The third-order valence-electron chi connectivity index (χ3n) is 4.32. The highest BCUT2D eigenvalue weighted by molar-refractivity contribution is 6.30. The Morgan fingerprint density at radius 2 is 1.39 bits per heavy atom. The first-order chi connectivity index (χ1) is 13.6. The summed E-state index contributed by atoms with van der Waals surface area (Å²) < 4.78 is 0. The van der Waals surface area contributed by atoms with Gasteiger partial charge in [0.1, 0.15) is 6.04 Å². The summed E-state index contributed by atoms with van der Waals surface area (Å²) in [6.07, 6.45) is 0.409. The Hall–Kier alpha value is -3.11. The van der Waals surface area contributed by atoms with E-state index in [-0.39, 0.29) is 11.8 Å². The maximum absolute atomic E-state index is 12.8. The maximum atomic E-state index is 12.8. The first kappa shape index (κ1) is 19.6. The SMILES string of the molecule is O=C(N[C@@H](Cc1ccccc1)C(=O)NCc1ccc(Cl)cc1)c1ccccc1. The molecule has 142 valence electrons. The van der Waals surface area contributed by atoms with Crippen LogP contribution in [-0.2, 0) is 17.8 Å². The Labute approximate surface area is 169 Å². The fourth-order valence-electron chi connectivity index (χ4n) is 2.80. The highest BCUT2D eigenvalue weighted by Crippen LogP contribution is 2.10. The molecule has 0 spiro atoms. The van der Waals surface area contributed by atoms with Crippen LogP contribution in [0.1, 0.15) is 21.5 Å². The van der Waals surface area contributed by atoms with E-state index in [0.29, 0.717) is 23.6 Å². The number of benzene rings is 3. The minimum absolute atomic E-state index is 0.233. The van der Waals surface area contributed by atoms with Crippen LogP contribution in [0.2, 0.25) is 5.02 Å². The van der Waals surface area contributed by atoms with Crippen molar-refractivity contribution in [3.63, 3.8) is 0 Å². The molecule has 0 bridgehead atoms. The second-order valence-corrected chi connectivity index (χ2v) is 6.86. The second-order valence-electron chi connectivity index (χ2n) is 6.43. The van der Waals surface area contributed by atoms with Crippen molar-refractivity contribution in [1.29, 1.82) is 0 Å². The molecule has 5 heteroatoms. The summed E-state index contributed by atoms with van der Waals surface area (Å²) in [4.78, 5) is 25.4. The Morgan fingerprint density at radius 3 is 2.04 bits per heavy atom. The molecule has 0 saturated carbocycles. The van der Waals surface area contributed by atoms with Crippen LogP contribution in [0.15, 0.2) is 84.9 Å². The van der Waals surface area contributed by atoms with Gasteiger partial charge in [-0.05, 0) is 35.4 Å². The largest absolute Gasteiger partial charge is 0.350 e. The van der Waals surface area contributed by atoms with E-state index in [1.165, 1.54) is 0 Å². The molecule has 0 unspecified atom stereocenters. The number of hydrogen-bond acceptors (Lipinski definition) is 2. The predicted molar refractivity (Wildman–Crippen MR) is 111 cm³/mol. The molecule has 0 aliphatic heterocycles. The van der Waals surface area contributed by atoms with Crippen molar-refractivity contribution in [3.8, 4) is 0 Å². The van der Waals surface area contributed by atoms with Crippen molar-refractivity contribution < 1.29 is 9.59 Å². The lowest BCUT2D eigenvalue weighted by Crippen LogP contribution is -2.47. The second kappa shape index (κ2) is 9.72. The zero-order valence-electron chi connectivity index (χ0n) is 15.3. The summed E-state index contributed by atoms with van der Waals surface area (Å²) in [5, 5.41) is 6.40. The summed E-state index contributed by atoms with van der Waals surface area (Å²) in [5.41, 5.74) is 2.43. The fourth-order valence-corrected chi connectivity index (χ4v) is 2.93. The van der Waals surface area contributed by atoms with Crippen LogP contribution < -0.4 is 10.6 Å². The smallest absolute Gasteiger partial charge is 0.251 e. The highest BCUT2D eigenvalue weighted by Gasteiger charge is 2.21. The Morgan fingerprint density at radius 1 is 0.786 bits per heavy atom. The maximum Gasteiger partial charge on any atom is 0.251 e. The number of carbonyl (C=O) groups excluding carboxylic acids is 2. The van der Waals surface area contributed by atoms with Gasteiger partial charge in [-0.1, -0.05) is 72.3 Å². The van der Waals surface area contributed by atoms with Gasteiger partial charge in [0, 0.05) is 23.6 Å². The number of amides is 2. The molecule has 0 aliphatic rings. The van der Waals surface area contributed by atoms with Crippen molar-refractivity contribution in [3.05, 3.63) is 107 Å². The summed E-state index contributed by atoms with van der Waals surface area (Å²) >= 11 is 5.90. The van der Waals surface area contributed by atoms with E-state index in [1.807, 2.05) is 48.5 Å². The number of hydrogen-bond donors (Lipinski definition) is 2. The first-order valence-electron chi connectivity index (χ1n) is 9.04. The molecule has 3 rings (SSSR count). The fraction of sp³-hybridized carbons (Fsp3) is 0.130. The number of rotatable bonds is 7. The molecule has 4 nitrogen and oxygen atoms in total. The van der Waals surface area contributed by atoms with Crippen LogP contribution in [0, 0.1) is 0 Å². The quantitative estimate of drug-likeness (QED) is 0.638. The molecule has 28 heavy (non-hydrogen) atoms. The summed E-state index contributed by atoms with van der Waals surface area (Å²) in [6, 6.07) is 25.1. The highest BCUT2D eigenvalue weighted by atomic mass is 35.5. The van der Waals surface area contributed by atoms with Crippen LogP contribution in [0.3, 0.4) is 0 Å². The van der Waals surface area contributed by atoms with E-state index in [2.05, 4.69) is 10.6 Å². The average Bonchev–Trinajstić information content (AvgIpc) is 2.74. The molecule has 0 aliphatic carbocycles. The lowest BCUT2D eigenvalue weighted by atomic mass is 10.0. The summed E-state index contributed by atoms with van der Waals surface area (Å²) in [5.74, 6) is -0.508. The predicted octanol–water partition coefficient (Wildman–Crippen LogP) is 4.00. The average molecular weight is 393 g/mol. The van der Waals surface area contributed by atoms with Crippen molar-refractivity contribution in [1.82, 2.24) is 10.6 Å². The number of nitrogens with one attached hydrogen (secondary N) is 2. The van der Waals surface area contributed by atoms with Gasteiger partial charge < -0.3 is 10.6 Å². The zero-order chi connectivity index (χ0) is 19.8. The van der Waals surface area contributed by atoms with Gasteiger partial charge in [-0.15, -0.1) is 0 Å². The van der Waals surface area contributed by atoms with Crippen molar-refractivity contribution in [2.75, 3.05) is 0 Å². The van der Waals surface area contributed by atoms with Crippen LogP contribution in [0.25, 0.3) is 0 Å². The lowest BCUT2D eigenvalue weighted by molar-refractivity contribution is -0.123. The van der Waals surface area contributed by atoms with Crippen molar-refractivity contribution in [2.45, 2.75) is 19.0 Å². The minimum atomic E-state index is -0.678. The van der Waals surface area contributed by atoms with Gasteiger partial charge in [-0.3, -0.25) is 9.59 Å². The Balaban J connectivity index is 1.70. The van der Waals surface area contributed by atoms with Crippen LogP contribution in [0.4, 0.5) is 0 Å². The molecular formula is C23H21ClN2O2.